The monoisotopic (exact) mass is 467 g/mol. The Balaban J connectivity index is 2.09. The fraction of sp³-hybridized carbons (Fsp3) is 0.600. The number of nitrogens with zero attached hydrogens (tertiary/aromatic N) is 6. The summed E-state index contributed by atoms with van der Waals surface area (Å²) in [6.07, 6.45) is 1.10. The molecule has 8 heteroatoms. The van der Waals surface area contributed by atoms with E-state index in [-0.39, 0.29) is 11.0 Å². The standard InChI is InChI=1S/C25H38N7P/c1-10-31-20-13-16(2)19(14-18(20)17(3)15-25(31,7)8)28-29-23-21(26-9)22(24(4,5)6)30-32(23)12-11-27-33/h13-14,17,27H,10-12,15,33H2,1-8H3. The van der Waals surface area contributed by atoms with Gasteiger partial charge in [-0.05, 0) is 68.7 Å². The lowest BCUT2D eigenvalue weighted by Gasteiger charge is -2.47. The molecule has 7 nitrogen and oxygen atoms in total. The van der Waals surface area contributed by atoms with Crippen molar-refractivity contribution in [2.45, 2.75) is 85.2 Å². The molecule has 1 N–H and O–H groups in total. The van der Waals surface area contributed by atoms with Gasteiger partial charge in [-0.25, -0.2) is 4.85 Å². The van der Waals surface area contributed by atoms with Crippen LogP contribution in [-0.2, 0) is 12.0 Å². The van der Waals surface area contributed by atoms with Crippen LogP contribution in [0.5, 0.6) is 0 Å². The van der Waals surface area contributed by atoms with E-state index >= 15 is 0 Å². The minimum Gasteiger partial charge on any atom is -0.366 e. The maximum Gasteiger partial charge on any atom is 0.255 e. The van der Waals surface area contributed by atoms with Crippen molar-refractivity contribution in [3.63, 3.8) is 0 Å². The third kappa shape index (κ3) is 4.98. The van der Waals surface area contributed by atoms with Crippen LogP contribution in [0.3, 0.4) is 0 Å². The van der Waals surface area contributed by atoms with Crippen molar-refractivity contribution in [3.05, 3.63) is 40.4 Å². The molecule has 0 saturated heterocycles. The summed E-state index contributed by atoms with van der Waals surface area (Å²) < 4.78 is 1.80. The van der Waals surface area contributed by atoms with Gasteiger partial charge in [-0.1, -0.05) is 37.1 Å². The van der Waals surface area contributed by atoms with Gasteiger partial charge in [0, 0.05) is 24.3 Å². The molecule has 1 aliphatic heterocycles. The highest BCUT2D eigenvalue weighted by atomic mass is 31.0. The van der Waals surface area contributed by atoms with Gasteiger partial charge in [-0.3, -0.25) is 9.77 Å². The average molecular weight is 468 g/mol. The number of rotatable bonds is 6. The van der Waals surface area contributed by atoms with Crippen LogP contribution in [0.25, 0.3) is 4.85 Å². The van der Waals surface area contributed by atoms with E-state index in [2.05, 4.69) is 102 Å². The fourth-order valence-corrected chi connectivity index (χ4v) is 5.03. The highest BCUT2D eigenvalue weighted by Crippen LogP contribution is 2.46. The Morgan fingerprint density at radius 3 is 2.58 bits per heavy atom. The number of aromatic nitrogens is 2. The molecule has 0 amide bonds. The molecule has 0 spiro atoms. The summed E-state index contributed by atoms with van der Waals surface area (Å²) in [6, 6.07) is 4.43. The molecule has 1 aromatic heterocycles. The number of benzene rings is 1. The van der Waals surface area contributed by atoms with Crippen LogP contribution in [-0.4, -0.2) is 28.4 Å². The van der Waals surface area contributed by atoms with Crippen LogP contribution in [0.15, 0.2) is 22.4 Å². The zero-order chi connectivity index (χ0) is 24.6. The van der Waals surface area contributed by atoms with Gasteiger partial charge in [0.05, 0.1) is 24.5 Å². The molecule has 0 saturated carbocycles. The van der Waals surface area contributed by atoms with Crippen molar-refractivity contribution in [3.8, 4) is 0 Å². The van der Waals surface area contributed by atoms with Crippen LogP contribution in [0.2, 0.25) is 0 Å². The largest absolute Gasteiger partial charge is 0.366 e. The van der Waals surface area contributed by atoms with Crippen LogP contribution in [0.4, 0.5) is 22.9 Å². The van der Waals surface area contributed by atoms with E-state index in [9.17, 15) is 0 Å². The maximum absolute atomic E-state index is 7.80. The second-order valence-electron chi connectivity index (χ2n) is 10.6. The lowest BCUT2D eigenvalue weighted by Crippen LogP contribution is -2.48. The van der Waals surface area contributed by atoms with Gasteiger partial charge in [-0.15, -0.1) is 5.11 Å². The highest BCUT2D eigenvalue weighted by molar-refractivity contribution is 7.13. The quantitative estimate of drug-likeness (QED) is 0.284. The van der Waals surface area contributed by atoms with E-state index in [0.29, 0.717) is 30.5 Å². The molecule has 3 rings (SSSR count). The summed E-state index contributed by atoms with van der Waals surface area (Å²) in [4.78, 5) is 6.29. The Morgan fingerprint density at radius 1 is 1.30 bits per heavy atom. The van der Waals surface area contributed by atoms with Gasteiger partial charge >= 0.3 is 0 Å². The number of anilines is 1. The molecule has 0 fully saturated rings. The lowest BCUT2D eigenvalue weighted by atomic mass is 9.79. The first-order chi connectivity index (χ1) is 15.4. The van der Waals surface area contributed by atoms with Gasteiger partial charge in [-0.2, -0.15) is 10.2 Å². The summed E-state index contributed by atoms with van der Waals surface area (Å²) in [7, 11) is 2.50. The molecule has 1 aliphatic rings. The molecule has 1 aromatic carbocycles. The minimum absolute atomic E-state index is 0.128. The molecule has 178 valence electrons. The molecular formula is C25H38N7P. The number of azo groups is 1. The molecular weight excluding hydrogens is 429 g/mol. The van der Waals surface area contributed by atoms with E-state index in [1.165, 1.54) is 11.3 Å². The number of fused-ring (bicyclic) bond motifs is 1. The van der Waals surface area contributed by atoms with Crippen molar-refractivity contribution < 1.29 is 0 Å². The van der Waals surface area contributed by atoms with Gasteiger partial charge in [0.15, 0.2) is 5.82 Å². The second kappa shape index (κ2) is 9.52. The average Bonchev–Trinajstić information content (AvgIpc) is 3.08. The van der Waals surface area contributed by atoms with Gasteiger partial charge < -0.3 is 4.90 Å². The third-order valence-electron chi connectivity index (χ3n) is 6.46. The van der Waals surface area contributed by atoms with Crippen LogP contribution in [0.1, 0.15) is 77.6 Å². The van der Waals surface area contributed by atoms with Gasteiger partial charge in [0.1, 0.15) is 0 Å². The van der Waals surface area contributed by atoms with E-state index in [1.807, 2.05) is 0 Å². The summed E-state index contributed by atoms with van der Waals surface area (Å²) in [5, 5.41) is 17.1. The molecule has 2 unspecified atom stereocenters. The first-order valence-corrected chi connectivity index (χ1v) is 12.3. The lowest BCUT2D eigenvalue weighted by molar-refractivity contribution is 0.381. The van der Waals surface area contributed by atoms with Crippen LogP contribution < -0.4 is 9.99 Å². The third-order valence-corrected chi connectivity index (χ3v) is 6.75. The Bertz CT molecular complexity index is 1090. The fourth-order valence-electron chi connectivity index (χ4n) is 4.91. The SMILES string of the molecule is [C-]#[N+]c1c(C(C)(C)C)nn(CCNP)c1N=Nc1cc2c(cc1C)N(CC)C(C)(C)CC2C. The predicted molar refractivity (Wildman–Crippen MR) is 140 cm³/mol. The predicted octanol–water partition coefficient (Wildman–Crippen LogP) is 6.95. The molecule has 0 aliphatic carbocycles. The first kappa shape index (κ1) is 25.3. The summed E-state index contributed by atoms with van der Waals surface area (Å²) in [5.74, 6) is 0.967. The van der Waals surface area contributed by atoms with Crippen molar-refractivity contribution >= 4 is 32.3 Å². The molecule has 2 heterocycles. The van der Waals surface area contributed by atoms with Crippen LogP contribution in [0, 0.1) is 13.5 Å². The van der Waals surface area contributed by atoms with Crippen LogP contribution >= 0.6 is 9.39 Å². The number of hydrogen-bond acceptors (Lipinski definition) is 5. The summed E-state index contributed by atoms with van der Waals surface area (Å²) >= 11 is 0. The molecule has 0 radical (unpaired) electrons. The smallest absolute Gasteiger partial charge is 0.255 e. The van der Waals surface area contributed by atoms with Crippen molar-refractivity contribution in [2.75, 3.05) is 18.0 Å². The highest BCUT2D eigenvalue weighted by Gasteiger charge is 2.36. The van der Waals surface area contributed by atoms with E-state index < -0.39 is 0 Å². The van der Waals surface area contributed by atoms with Gasteiger partial charge in [0.25, 0.3) is 5.69 Å². The molecule has 33 heavy (non-hydrogen) atoms. The molecule has 0 bridgehead atoms. The van der Waals surface area contributed by atoms with E-state index in [0.717, 1.165) is 29.9 Å². The van der Waals surface area contributed by atoms with Gasteiger partial charge in [0.2, 0.25) is 0 Å². The maximum atomic E-state index is 7.80. The molecule has 2 atom stereocenters. The Morgan fingerprint density at radius 2 is 2.00 bits per heavy atom. The number of aryl methyl sites for hydroxylation is 1. The topological polar surface area (TPSA) is 62.2 Å². The zero-order valence-corrected chi connectivity index (χ0v) is 22.5. The minimum atomic E-state index is -0.253. The van der Waals surface area contributed by atoms with Crippen molar-refractivity contribution in [1.29, 1.82) is 0 Å². The Hall–Kier alpha value is -2.29. The van der Waals surface area contributed by atoms with E-state index in [1.54, 1.807) is 4.68 Å². The van der Waals surface area contributed by atoms with Crippen molar-refractivity contribution in [2.24, 2.45) is 10.2 Å². The number of nitrogens with one attached hydrogen (secondary N) is 1. The Kier molecular flexibility index (Phi) is 7.31. The summed E-state index contributed by atoms with van der Waals surface area (Å²) in [5.41, 5.74) is 5.66. The number of hydrogen-bond donors (Lipinski definition) is 1. The summed E-state index contributed by atoms with van der Waals surface area (Å²) in [6.45, 7) is 27.5. The Labute approximate surface area is 201 Å². The zero-order valence-electron chi connectivity index (χ0n) is 21.3. The normalized spacial score (nSPS) is 17.9. The first-order valence-electron chi connectivity index (χ1n) is 11.7. The van der Waals surface area contributed by atoms with E-state index in [4.69, 9.17) is 11.7 Å². The second-order valence-corrected chi connectivity index (χ2v) is 11.0. The van der Waals surface area contributed by atoms with Crippen molar-refractivity contribution in [1.82, 2.24) is 14.9 Å². The molecule has 2 aromatic rings.